The standard InChI is InChI=1S/C23H24FN3O2/c1-16-5-7-17(8-6-16)15-27-22(28)21(25-23(27)29)13-18-9-10-19(14-20(18)24)26-11-3-2-4-12-26/h5-10,13-14H,2-4,11-12,15H2,1H3,(H,25,29)/b21-13+. The van der Waals surface area contributed by atoms with E-state index in [0.29, 0.717) is 0 Å². The van der Waals surface area contributed by atoms with Crippen LogP contribution >= 0.6 is 0 Å². The average molecular weight is 393 g/mol. The van der Waals surface area contributed by atoms with Gasteiger partial charge in [-0.15, -0.1) is 0 Å². The van der Waals surface area contributed by atoms with E-state index in [-0.39, 0.29) is 17.8 Å². The van der Waals surface area contributed by atoms with E-state index in [0.717, 1.165) is 47.6 Å². The fourth-order valence-corrected chi connectivity index (χ4v) is 3.73. The summed E-state index contributed by atoms with van der Waals surface area (Å²) in [5, 5.41) is 2.56. The number of benzene rings is 2. The Morgan fingerprint density at radius 1 is 1.03 bits per heavy atom. The molecule has 0 unspecified atom stereocenters. The Morgan fingerprint density at radius 2 is 1.76 bits per heavy atom. The third kappa shape index (κ3) is 4.16. The van der Waals surface area contributed by atoms with Crippen molar-refractivity contribution >= 4 is 23.7 Å². The van der Waals surface area contributed by atoms with Crippen molar-refractivity contribution in [3.8, 4) is 0 Å². The van der Waals surface area contributed by atoms with Gasteiger partial charge in [0.15, 0.2) is 0 Å². The third-order valence-electron chi connectivity index (χ3n) is 5.43. The molecule has 2 fully saturated rings. The number of carbonyl (C=O) groups is 2. The van der Waals surface area contributed by atoms with E-state index in [9.17, 15) is 14.0 Å². The van der Waals surface area contributed by atoms with Gasteiger partial charge in [-0.2, -0.15) is 0 Å². The number of urea groups is 1. The molecule has 29 heavy (non-hydrogen) atoms. The lowest BCUT2D eigenvalue weighted by Crippen LogP contribution is -2.30. The summed E-state index contributed by atoms with van der Waals surface area (Å²) < 4.78 is 14.7. The molecule has 6 heteroatoms. The molecule has 2 aromatic rings. The smallest absolute Gasteiger partial charge is 0.329 e. The number of hydrogen-bond acceptors (Lipinski definition) is 3. The molecule has 5 nitrogen and oxygen atoms in total. The molecule has 0 atom stereocenters. The number of rotatable bonds is 4. The van der Waals surface area contributed by atoms with Gasteiger partial charge in [0.1, 0.15) is 11.5 Å². The van der Waals surface area contributed by atoms with Crippen molar-refractivity contribution in [3.05, 3.63) is 70.7 Å². The predicted octanol–water partition coefficient (Wildman–Crippen LogP) is 4.22. The SMILES string of the molecule is Cc1ccc(CN2C(=O)N/C(=C/c3ccc(N4CCCCC4)cc3F)C2=O)cc1. The van der Waals surface area contributed by atoms with Crippen LogP contribution in [0.2, 0.25) is 0 Å². The van der Waals surface area contributed by atoms with Crippen LogP contribution in [0.4, 0.5) is 14.9 Å². The molecule has 0 radical (unpaired) electrons. The zero-order valence-corrected chi connectivity index (χ0v) is 16.5. The second-order valence-corrected chi connectivity index (χ2v) is 7.62. The first-order valence-corrected chi connectivity index (χ1v) is 9.96. The van der Waals surface area contributed by atoms with Crippen molar-refractivity contribution in [3.63, 3.8) is 0 Å². The van der Waals surface area contributed by atoms with Gasteiger partial charge in [-0.3, -0.25) is 9.69 Å². The molecule has 150 valence electrons. The molecule has 2 saturated heterocycles. The second-order valence-electron chi connectivity index (χ2n) is 7.62. The third-order valence-corrected chi connectivity index (χ3v) is 5.43. The van der Waals surface area contributed by atoms with Gasteiger partial charge in [-0.05, 0) is 56.0 Å². The van der Waals surface area contributed by atoms with Crippen LogP contribution in [0.25, 0.3) is 6.08 Å². The van der Waals surface area contributed by atoms with E-state index in [1.807, 2.05) is 37.3 Å². The highest BCUT2D eigenvalue weighted by molar-refractivity contribution is 6.13. The van der Waals surface area contributed by atoms with Gasteiger partial charge < -0.3 is 10.2 Å². The van der Waals surface area contributed by atoms with Crippen molar-refractivity contribution in [2.45, 2.75) is 32.7 Å². The summed E-state index contributed by atoms with van der Waals surface area (Å²) in [6.45, 7) is 4.02. The Hall–Kier alpha value is -3.15. The molecule has 2 aromatic carbocycles. The molecule has 2 heterocycles. The molecule has 0 saturated carbocycles. The van der Waals surface area contributed by atoms with E-state index >= 15 is 0 Å². The molecule has 0 aromatic heterocycles. The maximum absolute atomic E-state index is 14.7. The van der Waals surface area contributed by atoms with Crippen molar-refractivity contribution in [2.24, 2.45) is 0 Å². The topological polar surface area (TPSA) is 52.7 Å². The molecule has 1 N–H and O–H groups in total. The van der Waals surface area contributed by atoms with Crippen LogP contribution in [0.3, 0.4) is 0 Å². The number of carbonyl (C=O) groups excluding carboxylic acids is 2. The second kappa shape index (κ2) is 8.07. The highest BCUT2D eigenvalue weighted by Gasteiger charge is 2.33. The zero-order valence-electron chi connectivity index (χ0n) is 16.5. The largest absolute Gasteiger partial charge is 0.371 e. The van der Waals surface area contributed by atoms with Crippen molar-refractivity contribution in [2.75, 3.05) is 18.0 Å². The number of piperidine rings is 1. The number of nitrogens with one attached hydrogen (secondary N) is 1. The maximum atomic E-state index is 14.7. The molecule has 2 aliphatic heterocycles. The Morgan fingerprint density at radius 3 is 2.45 bits per heavy atom. The summed E-state index contributed by atoms with van der Waals surface area (Å²) in [6, 6.07) is 12.2. The first-order chi connectivity index (χ1) is 14.0. The number of aryl methyl sites for hydroxylation is 1. The number of amides is 3. The molecule has 2 aliphatic rings. The van der Waals surface area contributed by atoms with E-state index in [2.05, 4.69) is 10.2 Å². The highest BCUT2D eigenvalue weighted by Crippen LogP contribution is 2.24. The van der Waals surface area contributed by atoms with E-state index in [1.54, 1.807) is 6.07 Å². The minimum atomic E-state index is -0.493. The van der Waals surface area contributed by atoms with Gasteiger partial charge in [-0.25, -0.2) is 9.18 Å². The molecule has 0 bridgehead atoms. The van der Waals surface area contributed by atoms with Crippen molar-refractivity contribution in [1.82, 2.24) is 10.2 Å². The monoisotopic (exact) mass is 393 g/mol. The fraction of sp³-hybridized carbons (Fsp3) is 0.304. The number of imide groups is 1. The Bertz CT molecular complexity index is 963. The fourth-order valence-electron chi connectivity index (χ4n) is 3.73. The van der Waals surface area contributed by atoms with Crippen LogP contribution in [0.1, 0.15) is 36.0 Å². The molecule has 3 amide bonds. The van der Waals surface area contributed by atoms with Gasteiger partial charge in [0.25, 0.3) is 5.91 Å². The van der Waals surface area contributed by atoms with Gasteiger partial charge >= 0.3 is 6.03 Å². The normalized spacial score (nSPS) is 18.5. The van der Waals surface area contributed by atoms with Crippen molar-refractivity contribution in [1.29, 1.82) is 0 Å². The van der Waals surface area contributed by atoms with Gasteiger partial charge in [0.2, 0.25) is 0 Å². The van der Waals surface area contributed by atoms with Gasteiger partial charge in [-0.1, -0.05) is 29.8 Å². The number of anilines is 1. The molecule has 4 rings (SSSR count). The van der Waals surface area contributed by atoms with Crippen LogP contribution < -0.4 is 10.2 Å². The van der Waals surface area contributed by atoms with Gasteiger partial charge in [0.05, 0.1) is 6.54 Å². The quantitative estimate of drug-likeness (QED) is 0.625. The molecular weight excluding hydrogens is 369 g/mol. The van der Waals surface area contributed by atoms with Crippen LogP contribution in [0, 0.1) is 12.7 Å². The molecular formula is C23H24FN3O2. The summed E-state index contributed by atoms with van der Waals surface area (Å²) in [4.78, 5) is 28.2. The van der Waals surface area contributed by atoms with Crippen LogP contribution in [-0.4, -0.2) is 29.9 Å². The van der Waals surface area contributed by atoms with Crippen LogP contribution in [0.5, 0.6) is 0 Å². The lowest BCUT2D eigenvalue weighted by molar-refractivity contribution is -0.123. The number of nitrogens with zero attached hydrogens (tertiary/aromatic N) is 2. The lowest BCUT2D eigenvalue weighted by Gasteiger charge is -2.28. The summed E-state index contributed by atoms with van der Waals surface area (Å²) in [7, 11) is 0. The van der Waals surface area contributed by atoms with Crippen molar-refractivity contribution < 1.29 is 14.0 Å². The van der Waals surface area contributed by atoms with Crippen LogP contribution in [0.15, 0.2) is 48.2 Å². The van der Waals surface area contributed by atoms with E-state index < -0.39 is 17.8 Å². The Labute approximate surface area is 169 Å². The summed E-state index contributed by atoms with van der Waals surface area (Å²) in [5.41, 5.74) is 3.19. The summed E-state index contributed by atoms with van der Waals surface area (Å²) >= 11 is 0. The number of hydrogen-bond donors (Lipinski definition) is 1. The molecule has 0 spiro atoms. The average Bonchev–Trinajstić information content (AvgIpc) is 2.99. The first kappa shape index (κ1) is 19.2. The summed E-state index contributed by atoms with van der Waals surface area (Å²) in [6.07, 6.45) is 4.85. The Balaban J connectivity index is 1.51. The minimum absolute atomic E-state index is 0.0896. The van der Waals surface area contributed by atoms with E-state index in [1.165, 1.54) is 18.6 Å². The molecule has 0 aliphatic carbocycles. The highest BCUT2D eigenvalue weighted by atomic mass is 19.1. The van der Waals surface area contributed by atoms with Crippen LogP contribution in [-0.2, 0) is 11.3 Å². The minimum Gasteiger partial charge on any atom is -0.371 e. The number of halogens is 1. The zero-order chi connectivity index (χ0) is 20.4. The van der Waals surface area contributed by atoms with Gasteiger partial charge in [0, 0.05) is 24.3 Å². The lowest BCUT2D eigenvalue weighted by atomic mass is 10.1. The summed E-state index contributed by atoms with van der Waals surface area (Å²) in [5.74, 6) is -0.852. The Kier molecular flexibility index (Phi) is 5.34. The maximum Gasteiger partial charge on any atom is 0.329 e. The predicted molar refractivity (Wildman–Crippen MR) is 111 cm³/mol. The first-order valence-electron chi connectivity index (χ1n) is 9.96. The van der Waals surface area contributed by atoms with E-state index in [4.69, 9.17) is 0 Å².